The predicted octanol–water partition coefficient (Wildman–Crippen LogP) is 0.491. The average molecular weight is 164 g/mol. The van der Waals surface area contributed by atoms with E-state index in [1.807, 2.05) is 10.8 Å². The van der Waals surface area contributed by atoms with E-state index in [9.17, 15) is 0 Å². The zero-order chi connectivity index (χ0) is 5.28. The SMILES string of the molecule is CC1NN=CN1Br. The first kappa shape index (κ1) is 4.90. The van der Waals surface area contributed by atoms with Crippen molar-refractivity contribution in [2.45, 2.75) is 13.1 Å². The molecule has 1 unspecified atom stereocenters. The molecule has 0 saturated carbocycles. The van der Waals surface area contributed by atoms with Crippen molar-refractivity contribution in [3.8, 4) is 0 Å². The molecule has 3 nitrogen and oxygen atoms in total. The van der Waals surface area contributed by atoms with E-state index in [0.29, 0.717) is 6.17 Å². The van der Waals surface area contributed by atoms with Gasteiger partial charge < -0.3 is 0 Å². The van der Waals surface area contributed by atoms with E-state index in [1.165, 1.54) is 0 Å². The largest absolute Gasteiger partial charge is 0.286 e. The Bertz CT molecular complexity index is 92.2. The van der Waals surface area contributed by atoms with Gasteiger partial charge in [-0.1, -0.05) is 0 Å². The third kappa shape index (κ3) is 0.851. The van der Waals surface area contributed by atoms with Gasteiger partial charge in [-0.2, -0.15) is 5.10 Å². The maximum Gasteiger partial charge on any atom is 0.124 e. The first-order chi connectivity index (χ1) is 3.30. The average Bonchev–Trinajstić information content (AvgIpc) is 1.91. The van der Waals surface area contributed by atoms with Crippen LogP contribution in [0.15, 0.2) is 5.10 Å². The standard InChI is InChI=1S/C3H6BrN3/c1-3-6-5-2-7(3)4/h2-3,6H,1H3. The van der Waals surface area contributed by atoms with Crippen LogP contribution in [0, 0.1) is 0 Å². The molecule has 0 radical (unpaired) electrons. The number of rotatable bonds is 0. The first-order valence-corrected chi connectivity index (χ1v) is 2.74. The van der Waals surface area contributed by atoms with Crippen LogP contribution in [0.4, 0.5) is 0 Å². The number of hydrogen-bond acceptors (Lipinski definition) is 3. The van der Waals surface area contributed by atoms with Crippen molar-refractivity contribution < 1.29 is 0 Å². The smallest absolute Gasteiger partial charge is 0.124 e. The Balaban J connectivity index is 2.45. The lowest BCUT2D eigenvalue weighted by Crippen LogP contribution is -2.25. The van der Waals surface area contributed by atoms with E-state index in [4.69, 9.17) is 0 Å². The number of nitrogens with zero attached hydrogens (tertiary/aromatic N) is 2. The van der Waals surface area contributed by atoms with Gasteiger partial charge in [0.25, 0.3) is 0 Å². The van der Waals surface area contributed by atoms with Crippen LogP contribution in [0.5, 0.6) is 0 Å². The highest BCUT2D eigenvalue weighted by Gasteiger charge is 2.08. The van der Waals surface area contributed by atoms with Crippen molar-refractivity contribution in [3.63, 3.8) is 0 Å². The summed E-state index contributed by atoms with van der Waals surface area (Å²) >= 11 is 3.23. The van der Waals surface area contributed by atoms with Crippen LogP contribution in [0.3, 0.4) is 0 Å². The van der Waals surface area contributed by atoms with Gasteiger partial charge in [0, 0.05) is 0 Å². The molecule has 7 heavy (non-hydrogen) atoms. The van der Waals surface area contributed by atoms with Gasteiger partial charge in [-0.05, 0) is 6.92 Å². The zero-order valence-electron chi connectivity index (χ0n) is 3.93. The van der Waals surface area contributed by atoms with E-state index < -0.39 is 0 Å². The van der Waals surface area contributed by atoms with Crippen molar-refractivity contribution in [3.05, 3.63) is 0 Å². The van der Waals surface area contributed by atoms with E-state index in [1.54, 1.807) is 6.34 Å². The Morgan fingerprint density at radius 2 is 2.71 bits per heavy atom. The minimum absolute atomic E-state index is 0.292. The highest BCUT2D eigenvalue weighted by atomic mass is 79.9. The summed E-state index contributed by atoms with van der Waals surface area (Å²) in [6.07, 6.45) is 1.98. The highest BCUT2D eigenvalue weighted by molar-refractivity contribution is 9.07. The topological polar surface area (TPSA) is 27.6 Å². The molecular formula is C3H6BrN3. The van der Waals surface area contributed by atoms with Gasteiger partial charge in [0.1, 0.15) is 12.5 Å². The lowest BCUT2D eigenvalue weighted by molar-refractivity contribution is 0.491. The quantitative estimate of drug-likeness (QED) is 0.527. The van der Waals surface area contributed by atoms with Crippen molar-refractivity contribution >= 4 is 22.5 Å². The Morgan fingerprint density at radius 1 is 2.00 bits per heavy atom. The second kappa shape index (κ2) is 1.69. The Hall–Kier alpha value is -0.250. The summed E-state index contributed by atoms with van der Waals surface area (Å²) in [7, 11) is 0. The second-order valence-corrected chi connectivity index (χ2v) is 2.21. The van der Waals surface area contributed by atoms with Crippen LogP contribution >= 0.6 is 16.1 Å². The summed E-state index contributed by atoms with van der Waals surface area (Å²) in [5, 5.41) is 3.75. The lowest BCUT2D eigenvalue weighted by atomic mass is 10.6. The molecule has 0 fully saturated rings. The van der Waals surface area contributed by atoms with Crippen molar-refractivity contribution in [1.82, 2.24) is 9.35 Å². The molecule has 0 aromatic rings. The molecule has 4 heteroatoms. The number of halogens is 1. The fourth-order valence-electron chi connectivity index (χ4n) is 0.352. The lowest BCUT2D eigenvalue weighted by Gasteiger charge is -2.08. The third-order valence-electron chi connectivity index (χ3n) is 0.799. The van der Waals surface area contributed by atoms with Crippen LogP contribution in [0.2, 0.25) is 0 Å². The fraction of sp³-hybridized carbons (Fsp3) is 0.667. The van der Waals surface area contributed by atoms with Gasteiger partial charge in [0.05, 0.1) is 16.1 Å². The van der Waals surface area contributed by atoms with Crippen molar-refractivity contribution in [1.29, 1.82) is 0 Å². The van der Waals surface area contributed by atoms with Crippen LogP contribution in [0.25, 0.3) is 0 Å². The fourth-order valence-corrected chi connectivity index (χ4v) is 0.535. The number of hydrogen-bond donors (Lipinski definition) is 1. The number of hydrazone groups is 1. The molecule has 1 aliphatic heterocycles. The molecule has 0 amide bonds. The maximum atomic E-state index is 3.75. The molecule has 1 N–H and O–H groups in total. The predicted molar refractivity (Wildman–Crippen MR) is 31.9 cm³/mol. The van der Waals surface area contributed by atoms with E-state index in [0.717, 1.165) is 0 Å². The molecule has 0 bridgehead atoms. The Morgan fingerprint density at radius 3 is 2.86 bits per heavy atom. The summed E-state index contributed by atoms with van der Waals surface area (Å²) in [6, 6.07) is 0. The molecule has 1 aliphatic rings. The summed E-state index contributed by atoms with van der Waals surface area (Å²) < 4.78 is 1.81. The Kier molecular flexibility index (Phi) is 1.19. The number of nitrogens with one attached hydrogen (secondary N) is 1. The van der Waals surface area contributed by atoms with E-state index in [-0.39, 0.29) is 0 Å². The van der Waals surface area contributed by atoms with Gasteiger partial charge in [-0.3, -0.25) is 9.35 Å². The summed E-state index contributed by atoms with van der Waals surface area (Å²) in [6.45, 7) is 2.00. The van der Waals surface area contributed by atoms with Crippen LogP contribution in [-0.4, -0.2) is 16.4 Å². The third-order valence-corrected chi connectivity index (χ3v) is 1.60. The molecule has 0 aromatic carbocycles. The van der Waals surface area contributed by atoms with Gasteiger partial charge in [0.2, 0.25) is 0 Å². The van der Waals surface area contributed by atoms with Crippen LogP contribution in [-0.2, 0) is 0 Å². The van der Waals surface area contributed by atoms with Crippen molar-refractivity contribution in [2.24, 2.45) is 5.10 Å². The maximum absolute atomic E-state index is 3.75. The molecular weight excluding hydrogens is 158 g/mol. The first-order valence-electron chi connectivity index (χ1n) is 2.03. The van der Waals surface area contributed by atoms with Crippen molar-refractivity contribution in [2.75, 3.05) is 0 Å². The second-order valence-electron chi connectivity index (χ2n) is 1.39. The molecule has 0 aliphatic carbocycles. The highest BCUT2D eigenvalue weighted by Crippen LogP contribution is 2.02. The zero-order valence-corrected chi connectivity index (χ0v) is 5.51. The molecule has 0 aromatic heterocycles. The molecule has 40 valence electrons. The normalized spacial score (nSPS) is 28.3. The van der Waals surface area contributed by atoms with E-state index in [2.05, 4.69) is 26.7 Å². The van der Waals surface area contributed by atoms with Crippen LogP contribution < -0.4 is 5.43 Å². The van der Waals surface area contributed by atoms with Gasteiger partial charge in [-0.25, -0.2) is 0 Å². The van der Waals surface area contributed by atoms with Gasteiger partial charge in [-0.15, -0.1) is 0 Å². The van der Waals surface area contributed by atoms with E-state index >= 15 is 0 Å². The van der Waals surface area contributed by atoms with Gasteiger partial charge >= 0.3 is 0 Å². The Labute approximate surface area is 50.7 Å². The molecule has 0 spiro atoms. The minimum Gasteiger partial charge on any atom is -0.286 e. The summed E-state index contributed by atoms with van der Waals surface area (Å²) in [4.78, 5) is 0. The molecule has 1 heterocycles. The summed E-state index contributed by atoms with van der Waals surface area (Å²) in [5.41, 5.74) is 2.82. The molecule has 1 atom stereocenters. The monoisotopic (exact) mass is 163 g/mol. The molecule has 0 saturated heterocycles. The minimum atomic E-state index is 0.292. The van der Waals surface area contributed by atoms with Gasteiger partial charge in [0.15, 0.2) is 0 Å². The van der Waals surface area contributed by atoms with Crippen LogP contribution in [0.1, 0.15) is 6.92 Å². The molecule has 1 rings (SSSR count). The summed E-state index contributed by atoms with van der Waals surface area (Å²) in [5.74, 6) is 0.